The molecule has 0 spiro atoms. The van der Waals surface area contributed by atoms with E-state index in [0.717, 1.165) is 0 Å². The van der Waals surface area contributed by atoms with Crippen molar-refractivity contribution in [3.8, 4) is 0 Å². The van der Waals surface area contributed by atoms with E-state index in [1.165, 1.54) is 21.1 Å². The van der Waals surface area contributed by atoms with Gasteiger partial charge in [-0.25, -0.2) is 9.59 Å². The Morgan fingerprint density at radius 1 is 1.37 bits per heavy atom. The average molecular weight is 273 g/mol. The van der Waals surface area contributed by atoms with E-state index >= 15 is 0 Å². The van der Waals surface area contributed by atoms with E-state index in [4.69, 9.17) is 9.47 Å². The Bertz CT molecular complexity index is 381. The molecule has 0 saturated carbocycles. The Hall–Kier alpha value is -1.80. The zero-order valence-corrected chi connectivity index (χ0v) is 11.3. The molecule has 108 valence electrons. The monoisotopic (exact) mass is 273 g/mol. The first-order chi connectivity index (χ1) is 8.90. The molecule has 1 aliphatic heterocycles. The molecular weight excluding hydrogens is 254 g/mol. The zero-order chi connectivity index (χ0) is 14.5. The van der Waals surface area contributed by atoms with Crippen LogP contribution in [0.1, 0.15) is 0 Å². The highest BCUT2D eigenvalue weighted by Gasteiger charge is 2.35. The summed E-state index contributed by atoms with van der Waals surface area (Å²) in [4.78, 5) is 22.1. The highest BCUT2D eigenvalue weighted by Crippen LogP contribution is 2.24. The fraction of sp³-hybridized carbons (Fsp3) is 0.636. The Morgan fingerprint density at radius 2 is 1.95 bits per heavy atom. The van der Waals surface area contributed by atoms with Crippen LogP contribution in [0.15, 0.2) is 11.6 Å². The Labute approximate surface area is 111 Å². The van der Waals surface area contributed by atoms with Crippen molar-refractivity contribution in [2.24, 2.45) is 0 Å². The molecule has 2 N–H and O–H groups in total. The first-order valence-corrected chi connectivity index (χ1v) is 5.85. The number of hydrogen-bond donors (Lipinski definition) is 2. The fourth-order valence-corrected chi connectivity index (χ4v) is 1.78. The van der Waals surface area contributed by atoms with E-state index in [1.54, 1.807) is 6.08 Å². The van der Waals surface area contributed by atoms with Gasteiger partial charge in [-0.2, -0.15) is 0 Å². The van der Waals surface area contributed by atoms with E-state index in [1.807, 2.05) is 0 Å². The largest absolute Gasteiger partial charge is 0.632 e. The van der Waals surface area contributed by atoms with E-state index < -0.39 is 22.9 Å². The van der Waals surface area contributed by atoms with Crippen LogP contribution in [0.4, 0.5) is 9.59 Å². The molecule has 1 aliphatic rings. The number of carbonyl (C=O) groups excluding carboxylic acids is 2. The van der Waals surface area contributed by atoms with Crippen LogP contribution in [0, 0.1) is 5.21 Å². The van der Waals surface area contributed by atoms with Gasteiger partial charge in [0.25, 0.3) is 0 Å². The van der Waals surface area contributed by atoms with Crippen LogP contribution in [-0.4, -0.2) is 63.8 Å². The minimum Gasteiger partial charge on any atom is -0.632 e. The van der Waals surface area contributed by atoms with Gasteiger partial charge in [0.2, 0.25) is 0 Å². The van der Waals surface area contributed by atoms with Gasteiger partial charge in [-0.15, -0.1) is 0 Å². The second kappa shape index (κ2) is 6.39. The summed E-state index contributed by atoms with van der Waals surface area (Å²) in [6.45, 7) is 0.217. The summed E-state index contributed by atoms with van der Waals surface area (Å²) in [5.41, 5.74) is 0.657. The van der Waals surface area contributed by atoms with E-state index in [9.17, 15) is 14.8 Å². The molecule has 2 amide bonds. The number of rotatable bonds is 4. The zero-order valence-electron chi connectivity index (χ0n) is 11.3. The molecule has 1 rings (SSSR count). The number of likely N-dealkylation sites (N-methyl/N-ethyl adjacent to an activating group) is 1. The van der Waals surface area contributed by atoms with Gasteiger partial charge in [0.05, 0.1) is 13.6 Å². The van der Waals surface area contributed by atoms with Crippen LogP contribution in [0.2, 0.25) is 0 Å². The molecule has 0 aromatic heterocycles. The Morgan fingerprint density at radius 3 is 2.53 bits per heavy atom. The van der Waals surface area contributed by atoms with Crippen LogP contribution < -0.4 is 10.6 Å². The molecule has 8 nitrogen and oxygen atoms in total. The highest BCUT2D eigenvalue weighted by atomic mass is 16.6. The number of hydrogen-bond acceptors (Lipinski definition) is 5. The summed E-state index contributed by atoms with van der Waals surface area (Å²) in [6, 6.07) is -0.554. The number of quaternary nitrogens is 1. The van der Waals surface area contributed by atoms with Gasteiger partial charge in [0, 0.05) is 19.7 Å². The third-order valence-corrected chi connectivity index (χ3v) is 2.95. The number of hydroxylamine groups is 3. The minimum atomic E-state index is -0.599. The van der Waals surface area contributed by atoms with E-state index in [0.29, 0.717) is 5.57 Å². The summed E-state index contributed by atoms with van der Waals surface area (Å²) < 4.78 is 9.24. The van der Waals surface area contributed by atoms with Crippen molar-refractivity contribution in [2.45, 2.75) is 6.04 Å². The van der Waals surface area contributed by atoms with Gasteiger partial charge < -0.3 is 30.0 Å². The maximum Gasteiger partial charge on any atom is 0.407 e. The number of carbonyl (C=O) groups is 2. The highest BCUT2D eigenvalue weighted by molar-refractivity contribution is 5.67. The van der Waals surface area contributed by atoms with Gasteiger partial charge in [-0.05, 0) is 6.08 Å². The molecule has 0 aliphatic carbocycles. The van der Waals surface area contributed by atoms with Gasteiger partial charge in [-0.3, -0.25) is 0 Å². The predicted molar refractivity (Wildman–Crippen MR) is 67.1 cm³/mol. The van der Waals surface area contributed by atoms with Gasteiger partial charge in [-0.1, -0.05) is 0 Å². The summed E-state index contributed by atoms with van der Waals surface area (Å²) in [5.74, 6) is 0. The molecule has 0 radical (unpaired) electrons. The Kier molecular flexibility index (Phi) is 5.13. The van der Waals surface area contributed by atoms with E-state index in [2.05, 4.69) is 10.6 Å². The SMILES string of the molecule is CNC(=O)OCC1=CC[N+](C)([O-])C1COC(=O)NC. The summed E-state index contributed by atoms with van der Waals surface area (Å²) in [5, 5.41) is 16.8. The molecule has 2 atom stereocenters. The van der Waals surface area contributed by atoms with Crippen LogP contribution in [0.3, 0.4) is 0 Å². The molecular formula is C11H19N3O5. The maximum atomic E-state index is 12.2. The summed E-state index contributed by atoms with van der Waals surface area (Å²) in [6.07, 6.45) is 0.547. The fourth-order valence-electron chi connectivity index (χ4n) is 1.78. The van der Waals surface area contributed by atoms with Crippen molar-refractivity contribution in [3.63, 3.8) is 0 Å². The lowest BCUT2D eigenvalue weighted by Crippen LogP contribution is -2.48. The van der Waals surface area contributed by atoms with Gasteiger partial charge in [0.15, 0.2) is 0 Å². The standard InChI is InChI=1S/C11H19N3O5/c1-12-10(15)18-6-8-4-5-14(3,17)9(8)7-19-11(16)13-2/h4,9H,5-7H2,1-3H3,(H,12,15)(H,13,16). The third kappa shape index (κ3) is 4.11. The van der Waals surface area contributed by atoms with Crippen LogP contribution in [-0.2, 0) is 9.47 Å². The maximum absolute atomic E-state index is 12.2. The minimum absolute atomic E-state index is 0.0114. The molecule has 0 bridgehead atoms. The molecule has 8 heteroatoms. The third-order valence-electron chi connectivity index (χ3n) is 2.95. The number of amides is 2. The average Bonchev–Trinajstić information content (AvgIpc) is 2.67. The summed E-state index contributed by atoms with van der Waals surface area (Å²) >= 11 is 0. The second-order valence-corrected chi connectivity index (χ2v) is 4.33. The second-order valence-electron chi connectivity index (χ2n) is 4.33. The lowest BCUT2D eigenvalue weighted by molar-refractivity contribution is -0.869. The number of nitrogens with one attached hydrogen (secondary N) is 2. The molecule has 19 heavy (non-hydrogen) atoms. The topological polar surface area (TPSA) is 99.7 Å². The van der Waals surface area contributed by atoms with Crippen molar-refractivity contribution in [1.29, 1.82) is 0 Å². The normalized spacial score (nSPS) is 25.5. The first-order valence-electron chi connectivity index (χ1n) is 5.85. The smallest absolute Gasteiger partial charge is 0.407 e. The molecule has 2 unspecified atom stereocenters. The lowest BCUT2D eigenvalue weighted by atomic mass is 10.1. The molecule has 1 heterocycles. The molecule has 0 saturated heterocycles. The van der Waals surface area contributed by atoms with Crippen molar-refractivity contribution >= 4 is 12.2 Å². The molecule has 0 aromatic carbocycles. The number of ether oxygens (including phenoxy) is 2. The number of alkyl carbamates (subject to hydrolysis) is 2. The number of nitrogens with zero attached hydrogens (tertiary/aromatic N) is 1. The van der Waals surface area contributed by atoms with Crippen molar-refractivity contribution < 1.29 is 23.7 Å². The van der Waals surface area contributed by atoms with Crippen LogP contribution in [0.25, 0.3) is 0 Å². The molecule has 0 fully saturated rings. The van der Waals surface area contributed by atoms with Gasteiger partial charge in [0.1, 0.15) is 19.3 Å². The van der Waals surface area contributed by atoms with Crippen LogP contribution >= 0.6 is 0 Å². The lowest BCUT2D eigenvalue weighted by Gasteiger charge is -2.40. The van der Waals surface area contributed by atoms with Gasteiger partial charge >= 0.3 is 12.2 Å². The van der Waals surface area contributed by atoms with E-state index in [-0.39, 0.29) is 19.8 Å². The molecule has 0 aromatic rings. The van der Waals surface area contributed by atoms with Crippen molar-refractivity contribution in [1.82, 2.24) is 10.6 Å². The first kappa shape index (κ1) is 15.3. The van der Waals surface area contributed by atoms with Crippen molar-refractivity contribution in [3.05, 3.63) is 16.9 Å². The quantitative estimate of drug-likeness (QED) is 0.425. The predicted octanol–water partition coefficient (Wildman–Crippen LogP) is -0.0486. The van der Waals surface area contributed by atoms with Crippen molar-refractivity contribution in [2.75, 3.05) is 40.9 Å². The Balaban J connectivity index is 2.58. The van der Waals surface area contributed by atoms with Crippen LogP contribution in [0.5, 0.6) is 0 Å². The summed E-state index contributed by atoms with van der Waals surface area (Å²) in [7, 11) is 4.38.